The van der Waals surface area contributed by atoms with E-state index in [2.05, 4.69) is 15.1 Å². The summed E-state index contributed by atoms with van der Waals surface area (Å²) < 4.78 is 2.95. The molecule has 0 unspecified atom stereocenters. The first-order valence-electron chi connectivity index (χ1n) is 8.74. The number of hydrogen-bond acceptors (Lipinski definition) is 5. The molecule has 1 amide bonds. The number of phenolic OH excluding ortho intramolecular Hbond substituents is 1. The highest BCUT2D eigenvalue weighted by molar-refractivity contribution is 7.16. The van der Waals surface area contributed by atoms with Gasteiger partial charge in [0.25, 0.3) is 5.91 Å². The van der Waals surface area contributed by atoms with Crippen LogP contribution >= 0.6 is 22.9 Å². The number of nitrogens with one attached hydrogen (secondary N) is 1. The van der Waals surface area contributed by atoms with Crippen LogP contribution in [0.4, 0.5) is 5.69 Å². The number of halogens is 1. The van der Waals surface area contributed by atoms with Gasteiger partial charge in [0.1, 0.15) is 5.75 Å². The highest BCUT2D eigenvalue weighted by Gasteiger charge is 2.07. The SMILES string of the molecule is Nc1cc(C(=O)N/N=C/c2ccc3c(ccn3Cc3ccc(Cl)s3)c2)ccc1O. The molecule has 4 aromatic rings. The predicted octanol–water partition coefficient (Wildman–Crippen LogP) is 4.46. The Morgan fingerprint density at radius 1 is 1.21 bits per heavy atom. The maximum atomic E-state index is 12.1. The van der Waals surface area contributed by atoms with Crippen molar-refractivity contribution in [2.24, 2.45) is 5.10 Å². The maximum absolute atomic E-state index is 12.1. The number of aromatic nitrogens is 1. The van der Waals surface area contributed by atoms with Gasteiger partial charge in [-0.15, -0.1) is 11.3 Å². The van der Waals surface area contributed by atoms with E-state index in [1.807, 2.05) is 42.6 Å². The number of thiophene rings is 1. The van der Waals surface area contributed by atoms with Crippen molar-refractivity contribution in [2.45, 2.75) is 6.54 Å². The second-order valence-electron chi connectivity index (χ2n) is 6.44. The first-order valence-corrected chi connectivity index (χ1v) is 9.94. The van der Waals surface area contributed by atoms with Crippen LogP contribution in [-0.4, -0.2) is 21.8 Å². The number of phenols is 1. The van der Waals surface area contributed by atoms with Crippen molar-refractivity contribution in [1.29, 1.82) is 0 Å². The summed E-state index contributed by atoms with van der Waals surface area (Å²) in [6.45, 7) is 0.764. The first kappa shape index (κ1) is 19.0. The summed E-state index contributed by atoms with van der Waals surface area (Å²) >= 11 is 7.58. The van der Waals surface area contributed by atoms with Gasteiger partial charge in [0.2, 0.25) is 0 Å². The van der Waals surface area contributed by atoms with Crippen LogP contribution in [0, 0.1) is 0 Å². The minimum absolute atomic E-state index is 0.0625. The number of fused-ring (bicyclic) bond motifs is 1. The van der Waals surface area contributed by atoms with Gasteiger partial charge in [-0.1, -0.05) is 17.7 Å². The van der Waals surface area contributed by atoms with Crippen LogP contribution in [0.1, 0.15) is 20.8 Å². The molecule has 0 saturated carbocycles. The third-order valence-corrected chi connectivity index (χ3v) is 5.64. The van der Waals surface area contributed by atoms with Crippen LogP contribution in [0.5, 0.6) is 5.75 Å². The second-order valence-corrected chi connectivity index (χ2v) is 8.24. The van der Waals surface area contributed by atoms with Crippen molar-refractivity contribution < 1.29 is 9.90 Å². The Hall–Kier alpha value is -3.29. The number of hydrogen-bond donors (Lipinski definition) is 3. The average molecular weight is 425 g/mol. The quantitative estimate of drug-likeness (QED) is 0.191. The molecule has 2 aromatic carbocycles. The number of nitrogens with two attached hydrogens (primary N) is 1. The number of aromatic hydroxyl groups is 1. The van der Waals surface area contributed by atoms with Gasteiger partial charge in [-0.2, -0.15) is 5.10 Å². The zero-order valence-corrected chi connectivity index (χ0v) is 16.7. The fourth-order valence-electron chi connectivity index (χ4n) is 2.97. The van der Waals surface area contributed by atoms with E-state index in [9.17, 15) is 9.90 Å². The molecule has 4 rings (SSSR count). The fourth-order valence-corrected chi connectivity index (χ4v) is 4.05. The Bertz CT molecular complexity index is 1230. The number of rotatable bonds is 5. The molecule has 0 aliphatic carbocycles. The van der Waals surface area contributed by atoms with E-state index < -0.39 is 5.91 Å². The lowest BCUT2D eigenvalue weighted by atomic mass is 10.2. The molecular formula is C21H17ClN4O2S. The van der Waals surface area contributed by atoms with Crippen LogP contribution in [0.3, 0.4) is 0 Å². The fraction of sp³-hybridized carbons (Fsp3) is 0.0476. The Morgan fingerprint density at radius 3 is 2.83 bits per heavy atom. The van der Waals surface area contributed by atoms with Crippen molar-refractivity contribution in [2.75, 3.05) is 5.73 Å². The minimum atomic E-state index is -0.408. The average Bonchev–Trinajstić information content (AvgIpc) is 3.30. The van der Waals surface area contributed by atoms with E-state index in [4.69, 9.17) is 17.3 Å². The number of amides is 1. The van der Waals surface area contributed by atoms with Crippen molar-refractivity contribution >= 4 is 51.6 Å². The number of carbonyl (C=O) groups excluding carboxylic acids is 1. The molecule has 0 spiro atoms. The van der Waals surface area contributed by atoms with Gasteiger partial charge in [-0.3, -0.25) is 4.79 Å². The molecule has 0 radical (unpaired) electrons. The molecule has 0 atom stereocenters. The number of anilines is 1. The van der Waals surface area contributed by atoms with Crippen LogP contribution in [0.15, 0.2) is 65.9 Å². The number of nitrogen functional groups attached to an aromatic ring is 1. The predicted molar refractivity (Wildman–Crippen MR) is 118 cm³/mol. The van der Waals surface area contributed by atoms with E-state index in [-0.39, 0.29) is 11.4 Å². The molecule has 2 aromatic heterocycles. The standard InChI is InChI=1S/C21H17ClN4O2S/c22-20-6-3-16(29-20)12-26-8-7-14-9-13(1-4-18(14)26)11-24-25-21(28)15-2-5-19(27)17(23)10-15/h1-11,27H,12,23H2,(H,25,28)/b24-11+. The summed E-state index contributed by atoms with van der Waals surface area (Å²) in [5, 5.41) is 14.5. The highest BCUT2D eigenvalue weighted by Crippen LogP contribution is 2.25. The number of benzene rings is 2. The summed E-state index contributed by atoms with van der Waals surface area (Å²) in [5.41, 5.74) is 10.5. The van der Waals surface area contributed by atoms with Gasteiger partial charge < -0.3 is 15.4 Å². The molecule has 8 heteroatoms. The lowest BCUT2D eigenvalue weighted by molar-refractivity contribution is 0.0955. The smallest absolute Gasteiger partial charge is 0.271 e. The molecular weight excluding hydrogens is 408 g/mol. The highest BCUT2D eigenvalue weighted by atomic mass is 35.5. The Labute approximate surface area is 175 Å². The third kappa shape index (κ3) is 4.26. The molecule has 146 valence electrons. The molecule has 0 aliphatic rings. The lowest BCUT2D eigenvalue weighted by Crippen LogP contribution is -2.17. The zero-order valence-electron chi connectivity index (χ0n) is 15.2. The van der Waals surface area contributed by atoms with Crippen molar-refractivity contribution in [3.8, 4) is 5.75 Å². The van der Waals surface area contributed by atoms with Gasteiger partial charge in [0.05, 0.1) is 22.8 Å². The summed E-state index contributed by atoms with van der Waals surface area (Å²) in [6, 6.07) is 16.2. The van der Waals surface area contributed by atoms with E-state index in [0.29, 0.717) is 5.56 Å². The number of nitrogens with zero attached hydrogens (tertiary/aromatic N) is 2. The second kappa shape index (κ2) is 7.98. The van der Waals surface area contributed by atoms with Gasteiger partial charge in [-0.25, -0.2) is 5.43 Å². The van der Waals surface area contributed by atoms with Crippen molar-refractivity contribution in [3.05, 3.63) is 81.1 Å². The monoisotopic (exact) mass is 424 g/mol. The van der Waals surface area contributed by atoms with Crippen molar-refractivity contribution in [3.63, 3.8) is 0 Å². The normalized spacial score (nSPS) is 11.3. The Kier molecular flexibility index (Phi) is 5.24. The lowest BCUT2D eigenvalue weighted by Gasteiger charge is -2.04. The van der Waals surface area contributed by atoms with Gasteiger partial charge in [0.15, 0.2) is 0 Å². The van der Waals surface area contributed by atoms with Crippen LogP contribution < -0.4 is 11.2 Å². The summed E-state index contributed by atoms with van der Waals surface area (Å²) in [5.74, 6) is -0.470. The number of carbonyl (C=O) groups is 1. The van der Waals surface area contributed by atoms with Crippen molar-refractivity contribution in [1.82, 2.24) is 9.99 Å². The Morgan fingerprint density at radius 2 is 2.07 bits per heavy atom. The van der Waals surface area contributed by atoms with E-state index in [1.165, 1.54) is 23.1 Å². The summed E-state index contributed by atoms with van der Waals surface area (Å²) in [7, 11) is 0. The largest absolute Gasteiger partial charge is 0.506 e. The van der Waals surface area contributed by atoms with E-state index in [0.717, 1.165) is 27.3 Å². The minimum Gasteiger partial charge on any atom is -0.506 e. The molecule has 0 bridgehead atoms. The molecule has 0 aliphatic heterocycles. The summed E-state index contributed by atoms with van der Waals surface area (Å²) in [4.78, 5) is 13.3. The molecule has 4 N–H and O–H groups in total. The Balaban J connectivity index is 1.45. The van der Waals surface area contributed by atoms with Crippen LogP contribution in [0.25, 0.3) is 10.9 Å². The first-order chi connectivity index (χ1) is 14.0. The summed E-state index contributed by atoms with van der Waals surface area (Å²) in [6.07, 6.45) is 3.62. The molecule has 6 nitrogen and oxygen atoms in total. The third-order valence-electron chi connectivity index (χ3n) is 4.42. The van der Waals surface area contributed by atoms with E-state index >= 15 is 0 Å². The molecule has 2 heterocycles. The topological polar surface area (TPSA) is 92.6 Å². The molecule has 0 saturated heterocycles. The molecule has 29 heavy (non-hydrogen) atoms. The maximum Gasteiger partial charge on any atom is 0.271 e. The van der Waals surface area contributed by atoms with Crippen LogP contribution in [0.2, 0.25) is 4.34 Å². The van der Waals surface area contributed by atoms with Gasteiger partial charge >= 0.3 is 0 Å². The zero-order chi connectivity index (χ0) is 20.4. The number of hydrazone groups is 1. The van der Waals surface area contributed by atoms with E-state index in [1.54, 1.807) is 17.6 Å². The van der Waals surface area contributed by atoms with Gasteiger partial charge in [0, 0.05) is 27.5 Å². The van der Waals surface area contributed by atoms with Crippen LogP contribution in [-0.2, 0) is 6.54 Å². The van der Waals surface area contributed by atoms with Gasteiger partial charge in [-0.05, 0) is 54.1 Å². The molecule has 0 fully saturated rings.